The Morgan fingerprint density at radius 2 is 1.93 bits per heavy atom. The molecule has 3 heterocycles. The Bertz CT molecular complexity index is 1680. The number of nitrogens with zero attached hydrogens (tertiary/aromatic N) is 6. The quantitative estimate of drug-likeness (QED) is 0.182. The predicted octanol–water partition coefficient (Wildman–Crippen LogP) is 2.76. The van der Waals surface area contributed by atoms with Crippen molar-refractivity contribution in [1.29, 1.82) is 0 Å². The maximum atomic E-state index is 13.8. The number of rotatable bonds is 8. The lowest BCUT2D eigenvalue weighted by atomic mass is 10.1. The molecule has 1 saturated heterocycles. The average molecular weight is 582 g/mol. The summed E-state index contributed by atoms with van der Waals surface area (Å²) in [5.41, 5.74) is -2.50. The number of allylic oxidation sites excluding steroid dienone is 2. The van der Waals surface area contributed by atoms with Gasteiger partial charge in [-0.05, 0) is 46.6 Å². The number of nitro groups is 1. The highest BCUT2D eigenvalue weighted by molar-refractivity contribution is 5.99. The summed E-state index contributed by atoms with van der Waals surface area (Å²) in [6.07, 6.45) is 4.59. The van der Waals surface area contributed by atoms with Crippen molar-refractivity contribution >= 4 is 34.7 Å². The van der Waals surface area contributed by atoms with Crippen molar-refractivity contribution in [2.45, 2.75) is 65.3 Å². The molecule has 0 unspecified atom stereocenters. The summed E-state index contributed by atoms with van der Waals surface area (Å²) in [7, 11) is 1.45. The Morgan fingerprint density at radius 3 is 2.60 bits per heavy atom. The van der Waals surface area contributed by atoms with Gasteiger partial charge in [0.1, 0.15) is 5.60 Å². The van der Waals surface area contributed by atoms with Crippen molar-refractivity contribution in [3.63, 3.8) is 0 Å². The third-order valence-corrected chi connectivity index (χ3v) is 6.86. The fourth-order valence-electron chi connectivity index (χ4n) is 4.97. The highest BCUT2D eigenvalue weighted by atomic mass is 16.6. The fourth-order valence-corrected chi connectivity index (χ4v) is 4.97. The second-order valence-corrected chi connectivity index (χ2v) is 11.1. The van der Waals surface area contributed by atoms with Crippen LogP contribution < -0.4 is 21.5 Å². The minimum Gasteiger partial charge on any atom is -0.444 e. The van der Waals surface area contributed by atoms with Crippen molar-refractivity contribution in [3.8, 4) is 0 Å². The summed E-state index contributed by atoms with van der Waals surface area (Å²) in [6, 6.07) is 5.16. The van der Waals surface area contributed by atoms with E-state index in [1.54, 1.807) is 25.3 Å². The number of amides is 1. The van der Waals surface area contributed by atoms with Gasteiger partial charge < -0.3 is 19.5 Å². The van der Waals surface area contributed by atoms with Crippen LogP contribution in [0.2, 0.25) is 0 Å². The fraction of sp³-hybridized carbons (Fsp3) is 0.464. The maximum absolute atomic E-state index is 13.8. The zero-order valence-electron chi connectivity index (χ0n) is 24.3. The number of aromatic nitrogens is 4. The molecule has 42 heavy (non-hydrogen) atoms. The molecular formula is C28H35N7O7. The van der Waals surface area contributed by atoms with E-state index in [9.17, 15) is 29.3 Å². The zero-order chi connectivity index (χ0) is 30.8. The molecule has 4 rings (SSSR count). The summed E-state index contributed by atoms with van der Waals surface area (Å²) in [5, 5.41) is 14.4. The van der Waals surface area contributed by atoms with E-state index in [0.29, 0.717) is 19.0 Å². The van der Waals surface area contributed by atoms with Crippen molar-refractivity contribution in [1.82, 2.24) is 24.0 Å². The van der Waals surface area contributed by atoms with Crippen LogP contribution >= 0.6 is 0 Å². The van der Waals surface area contributed by atoms with E-state index in [1.807, 2.05) is 24.0 Å². The number of carbonyl (C=O) groups excluding carboxylic acids is 2. The molecule has 2 aromatic heterocycles. The number of benzene rings is 1. The molecule has 1 N–H and O–H groups in total. The standard InChI is InChI=1S/C28H35N7O7/c1-6-7-15-33-22-23(30-25(33)32-14-10-11-18(16-32)29-26(38)42-28(2,3)4)31(5)27(39)34(24(22)37)17-21(36)19-12-8-9-13-20(19)35(40)41/h6-9,12-13,18H,10-11,14-17H2,1-5H3,(H,29,38)/b7-6+/t18-/m0/s1. The number of carbonyl (C=O) groups is 2. The van der Waals surface area contributed by atoms with Crippen LogP contribution in [0.1, 0.15) is 50.9 Å². The maximum Gasteiger partial charge on any atom is 0.407 e. The lowest BCUT2D eigenvalue weighted by Crippen LogP contribution is -2.49. The molecule has 0 radical (unpaired) electrons. The number of nitro benzene ring substituents is 1. The van der Waals surface area contributed by atoms with Gasteiger partial charge in [-0.3, -0.25) is 28.8 Å². The van der Waals surface area contributed by atoms with Crippen LogP contribution in [-0.2, 0) is 24.9 Å². The molecule has 1 aliphatic rings. The van der Waals surface area contributed by atoms with E-state index < -0.39 is 45.9 Å². The van der Waals surface area contributed by atoms with Crippen molar-refractivity contribution in [3.05, 3.63) is 72.9 Å². The molecule has 0 bridgehead atoms. The number of ether oxygens (including phenoxy) is 1. The molecule has 1 fully saturated rings. The number of imidazole rings is 1. The predicted molar refractivity (Wildman–Crippen MR) is 156 cm³/mol. The van der Waals surface area contributed by atoms with E-state index >= 15 is 0 Å². The first-order chi connectivity index (χ1) is 19.8. The molecule has 14 heteroatoms. The number of fused-ring (bicyclic) bond motifs is 1. The summed E-state index contributed by atoms with van der Waals surface area (Å²) < 4.78 is 9.06. The Kier molecular flexibility index (Phi) is 8.64. The van der Waals surface area contributed by atoms with Gasteiger partial charge in [-0.25, -0.2) is 9.59 Å². The molecule has 1 atom stereocenters. The topological polar surface area (TPSA) is 164 Å². The molecule has 0 spiro atoms. The largest absolute Gasteiger partial charge is 0.444 e. The van der Waals surface area contributed by atoms with Gasteiger partial charge in [0.15, 0.2) is 16.9 Å². The molecule has 0 saturated carbocycles. The minimum atomic E-state index is -0.773. The first kappa shape index (κ1) is 30.2. The molecular weight excluding hydrogens is 546 g/mol. The van der Waals surface area contributed by atoms with Gasteiger partial charge in [0.25, 0.3) is 11.2 Å². The third-order valence-electron chi connectivity index (χ3n) is 6.86. The van der Waals surface area contributed by atoms with Crippen molar-refractivity contribution < 1.29 is 19.2 Å². The van der Waals surface area contributed by atoms with Crippen LogP contribution in [0.4, 0.5) is 16.4 Å². The van der Waals surface area contributed by atoms with Crippen LogP contribution in [-0.4, -0.2) is 60.2 Å². The number of para-hydroxylation sites is 1. The number of alkyl carbamates (subject to hydrolysis) is 1. The highest BCUT2D eigenvalue weighted by Gasteiger charge is 2.29. The number of hydrogen-bond donors (Lipinski definition) is 1. The number of Topliss-reactive ketones (excluding diaryl/α,β-unsaturated/α-hetero) is 1. The monoisotopic (exact) mass is 581 g/mol. The first-order valence-electron chi connectivity index (χ1n) is 13.6. The van der Waals surface area contributed by atoms with E-state index in [-0.39, 0.29) is 29.3 Å². The molecule has 1 aliphatic heterocycles. The first-order valence-corrected chi connectivity index (χ1v) is 13.6. The van der Waals surface area contributed by atoms with Crippen LogP contribution in [0, 0.1) is 10.1 Å². The number of nitrogens with one attached hydrogen (secondary N) is 1. The minimum absolute atomic E-state index is 0.114. The van der Waals surface area contributed by atoms with Gasteiger partial charge in [-0.2, -0.15) is 4.98 Å². The molecule has 3 aromatic rings. The lowest BCUT2D eigenvalue weighted by Gasteiger charge is -2.34. The van der Waals surface area contributed by atoms with Gasteiger partial charge in [0.05, 0.1) is 17.0 Å². The van der Waals surface area contributed by atoms with Crippen LogP contribution in [0.25, 0.3) is 11.2 Å². The van der Waals surface area contributed by atoms with Crippen LogP contribution in [0.5, 0.6) is 0 Å². The second kappa shape index (κ2) is 12.0. The second-order valence-electron chi connectivity index (χ2n) is 11.1. The highest BCUT2D eigenvalue weighted by Crippen LogP contribution is 2.24. The van der Waals surface area contributed by atoms with E-state index in [1.165, 1.54) is 35.9 Å². The van der Waals surface area contributed by atoms with Gasteiger partial charge in [-0.1, -0.05) is 24.3 Å². The Labute approximate surface area is 241 Å². The van der Waals surface area contributed by atoms with Gasteiger partial charge >= 0.3 is 11.8 Å². The molecule has 0 aliphatic carbocycles. The van der Waals surface area contributed by atoms with Crippen molar-refractivity contribution in [2.75, 3.05) is 18.0 Å². The number of ketones is 1. The van der Waals surface area contributed by atoms with Crippen molar-refractivity contribution in [2.24, 2.45) is 7.05 Å². The Balaban J connectivity index is 1.75. The SMILES string of the molecule is C/C=C/Cn1c(N2CCC[C@H](NC(=O)OC(C)(C)C)C2)nc2c1c(=O)n(CC(=O)c1ccccc1[N+](=O)[O-])c(=O)n2C. The van der Waals surface area contributed by atoms with Crippen LogP contribution in [0.15, 0.2) is 46.0 Å². The van der Waals surface area contributed by atoms with Gasteiger partial charge in [-0.15, -0.1) is 0 Å². The smallest absolute Gasteiger partial charge is 0.407 e. The van der Waals surface area contributed by atoms with Gasteiger partial charge in [0.2, 0.25) is 5.95 Å². The zero-order valence-corrected chi connectivity index (χ0v) is 24.3. The number of anilines is 1. The molecule has 1 aromatic carbocycles. The summed E-state index contributed by atoms with van der Waals surface area (Å²) in [4.78, 5) is 70.0. The lowest BCUT2D eigenvalue weighted by molar-refractivity contribution is -0.385. The molecule has 14 nitrogen and oxygen atoms in total. The summed E-state index contributed by atoms with van der Waals surface area (Å²) >= 11 is 0. The Morgan fingerprint density at radius 1 is 1.21 bits per heavy atom. The molecule has 1 amide bonds. The van der Waals surface area contributed by atoms with Gasteiger partial charge in [0, 0.05) is 38.8 Å². The molecule has 224 valence electrons. The normalized spacial score (nSPS) is 15.7. The third kappa shape index (κ3) is 6.26. The Hall–Kier alpha value is -4.75. The summed E-state index contributed by atoms with van der Waals surface area (Å²) in [6.45, 7) is 7.77. The average Bonchev–Trinajstić information content (AvgIpc) is 3.31. The number of aryl methyl sites for hydroxylation is 1. The summed E-state index contributed by atoms with van der Waals surface area (Å²) in [5.74, 6) is -0.304. The van der Waals surface area contributed by atoms with Crippen LogP contribution in [0.3, 0.4) is 0 Å². The van der Waals surface area contributed by atoms with E-state index in [4.69, 9.17) is 4.74 Å². The number of piperidine rings is 1. The number of hydrogen-bond acceptors (Lipinski definition) is 9. The van der Waals surface area contributed by atoms with E-state index in [0.717, 1.165) is 17.4 Å². The van der Waals surface area contributed by atoms with E-state index in [2.05, 4.69) is 10.3 Å².